The van der Waals surface area contributed by atoms with Crippen molar-refractivity contribution in [2.75, 3.05) is 68.1 Å². The zero-order valence-electron chi connectivity index (χ0n) is 64.7. The van der Waals surface area contributed by atoms with Crippen molar-refractivity contribution in [3.63, 3.8) is 0 Å². The number of hydrogen-bond acceptors (Lipinski definition) is 15. The highest BCUT2D eigenvalue weighted by molar-refractivity contribution is 6.00. The molecule has 0 radical (unpaired) electrons. The Kier molecular flexibility index (Phi) is 36.0. The number of carbonyl (C=O) groups is 12. The Labute approximate surface area is 597 Å². The van der Waals surface area contributed by atoms with Crippen LogP contribution in [0.4, 0.5) is 0 Å². The summed E-state index contributed by atoms with van der Waals surface area (Å²) in [6, 6.07) is -14.5. The Morgan fingerprint density at radius 3 is 1.30 bits per heavy atom. The van der Waals surface area contributed by atoms with Gasteiger partial charge in [-0.3, -0.25) is 57.5 Å². The average Bonchev–Trinajstić information content (AvgIpc) is 1.54. The lowest BCUT2D eigenvalue weighted by Gasteiger charge is -2.38. The first-order valence-corrected chi connectivity index (χ1v) is 36.9. The second-order valence-corrected chi connectivity index (χ2v) is 31.6. The van der Waals surface area contributed by atoms with Gasteiger partial charge in [0.05, 0.1) is 31.8 Å². The molecule has 572 valence electrons. The molecule has 0 aliphatic carbocycles. The van der Waals surface area contributed by atoms with Gasteiger partial charge in [-0.1, -0.05) is 117 Å². The zero-order valence-corrected chi connectivity index (χ0v) is 64.7. The van der Waals surface area contributed by atoms with Crippen molar-refractivity contribution in [1.29, 1.82) is 0 Å². The molecule has 27 heteroatoms. The number of nitrogens with zero attached hydrogens (tertiary/aromatic N) is 7. The van der Waals surface area contributed by atoms with Gasteiger partial charge in [0, 0.05) is 61.3 Å². The molecule has 0 unspecified atom stereocenters. The number of aliphatic hydroxyl groups is 2. The monoisotopic (exact) mass is 1410 g/mol. The molecule has 3 heterocycles. The fourth-order valence-corrected chi connectivity index (χ4v) is 13.6. The van der Waals surface area contributed by atoms with E-state index in [1.165, 1.54) is 71.6 Å². The van der Waals surface area contributed by atoms with Crippen LogP contribution in [0.15, 0.2) is 0 Å². The summed E-state index contributed by atoms with van der Waals surface area (Å²) in [5.74, 6) is -10.4. The summed E-state index contributed by atoms with van der Waals surface area (Å²) in [7, 11) is 7.17. The number of rotatable bonds is 21. The number of hydrogen-bond donors (Lipinski definition) is 7. The van der Waals surface area contributed by atoms with E-state index in [0.29, 0.717) is 32.4 Å². The quantitative estimate of drug-likeness (QED) is 0.0862. The maximum Gasteiger partial charge on any atom is 0.248 e. The molecular weight excluding hydrogens is 1280 g/mol. The van der Waals surface area contributed by atoms with E-state index in [1.807, 2.05) is 104 Å². The smallest absolute Gasteiger partial charge is 0.248 e. The predicted molar refractivity (Wildman–Crippen MR) is 382 cm³/mol. The number of ether oxygens (including phenoxy) is 1. The molecule has 3 saturated heterocycles. The third-order valence-electron chi connectivity index (χ3n) is 19.5. The summed E-state index contributed by atoms with van der Waals surface area (Å²) in [4.78, 5) is 190. The van der Waals surface area contributed by atoms with E-state index < -0.39 is 168 Å². The number of amides is 12. The predicted octanol–water partition coefficient (Wildman–Crippen LogP) is 3.69. The van der Waals surface area contributed by atoms with Crippen molar-refractivity contribution in [3.05, 3.63) is 0 Å². The minimum absolute atomic E-state index is 0.0473. The van der Waals surface area contributed by atoms with Crippen LogP contribution in [0.25, 0.3) is 0 Å². The van der Waals surface area contributed by atoms with Crippen LogP contribution >= 0.6 is 0 Å². The van der Waals surface area contributed by atoms with Crippen molar-refractivity contribution in [3.8, 4) is 0 Å². The van der Waals surface area contributed by atoms with E-state index in [4.69, 9.17) is 4.74 Å². The van der Waals surface area contributed by atoms with Gasteiger partial charge >= 0.3 is 0 Å². The Balaban J connectivity index is 2.45. The molecule has 0 aromatic heterocycles. The van der Waals surface area contributed by atoms with Gasteiger partial charge in [0.15, 0.2) is 0 Å². The maximum absolute atomic E-state index is 15.3. The molecule has 0 aromatic carbocycles. The molecule has 3 aliphatic rings. The third kappa shape index (κ3) is 25.5. The molecule has 100 heavy (non-hydrogen) atoms. The fraction of sp³-hybridized carbons (Fsp3) is 0.836. The van der Waals surface area contributed by atoms with Crippen molar-refractivity contribution in [2.24, 2.45) is 47.3 Å². The fourth-order valence-electron chi connectivity index (χ4n) is 13.6. The van der Waals surface area contributed by atoms with E-state index in [2.05, 4.69) is 26.6 Å². The van der Waals surface area contributed by atoms with E-state index >= 15 is 47.9 Å². The van der Waals surface area contributed by atoms with Crippen molar-refractivity contribution >= 4 is 70.9 Å². The molecule has 12 amide bonds. The molecule has 0 aromatic rings. The molecule has 0 saturated carbocycles. The number of likely N-dealkylation sites (tertiary alicyclic amines) is 1. The summed E-state index contributed by atoms with van der Waals surface area (Å²) >= 11 is 0. The van der Waals surface area contributed by atoms with Gasteiger partial charge in [0.25, 0.3) is 0 Å². The molecule has 7 N–H and O–H groups in total. The molecule has 3 fully saturated rings. The Morgan fingerprint density at radius 1 is 0.460 bits per heavy atom. The molecule has 3 rings (SSSR count). The van der Waals surface area contributed by atoms with Crippen LogP contribution in [0.1, 0.15) is 201 Å². The summed E-state index contributed by atoms with van der Waals surface area (Å²) in [6.07, 6.45) is 0.112. The lowest BCUT2D eigenvalue weighted by atomic mass is 9.94. The lowest BCUT2D eigenvalue weighted by Crippen LogP contribution is -2.63. The van der Waals surface area contributed by atoms with E-state index in [1.54, 1.807) is 11.8 Å². The standard InChI is InChI=1S/C73H130N12O15/c1-23-48(16)61-72(98)83(22)55(34-44(8)9)64(90)74-51(31-41(2)3)63(89)75-53(69(95)84-27-25-24-26-28-84)39-60(88)79(18)58(37-47(14)15)70(96)81(20)54(33-43(6)7)65(91)76-52(32-42(4)5)68(94)80(19)56(35-45(10)11)67(93)78-62(49(17)87)73(99)85-40-50(100-30-29-86)38-59(85)71(97)82(21)57(36-46(12)13)66(92)77-61/h41-59,61-62,86-87H,23-40H2,1-22H3,(H,74,90)(H,75,89)(H,76,91)(H,77,92)(H,78,93)/t48-,49+,50+,51-,52-,53-,54-,55-,56-,57-,58+,59-,61-,62-/m0/s1. The number of aliphatic hydroxyl groups excluding tert-OH is 2. The van der Waals surface area contributed by atoms with E-state index in [9.17, 15) is 19.8 Å². The SMILES string of the molecule is CC[C@H](C)[C@@H]1NC(=O)[C@H](CC(C)C)N(C)C(=O)[C@@H]2C[C@@H](OCCO)CN2C(=O)[C@H]([C@@H](C)O)NC(=O)[C@H](CC(C)C)N(C)C(=O)[C@H](CC(C)C)NC(=O)[C@H](CC(C)C)N(C)C(=O)[C@@H](CC(C)C)N(C)C(=O)C[C@@H](C(=O)N2CCCCC2)NC(=O)[C@H](CC(C)C)NC(=O)[C@H](CC(C)C)N(C)C1=O. The molecule has 3 aliphatic heterocycles. The van der Waals surface area contributed by atoms with Gasteiger partial charge in [0.1, 0.15) is 66.5 Å². The molecular formula is C73H130N12O15. The average molecular weight is 1420 g/mol. The van der Waals surface area contributed by atoms with E-state index in [-0.39, 0.29) is 106 Å². The number of likely N-dealkylation sites (N-methyl/N-ethyl adjacent to an activating group) is 5. The molecule has 0 bridgehead atoms. The normalized spacial score (nSPS) is 27.6. The number of nitrogens with one attached hydrogen (secondary N) is 5. The second kappa shape index (κ2) is 41.0. The zero-order chi connectivity index (χ0) is 76.1. The van der Waals surface area contributed by atoms with Crippen LogP contribution in [0, 0.1) is 47.3 Å². The highest BCUT2D eigenvalue weighted by atomic mass is 16.5. The van der Waals surface area contributed by atoms with Crippen LogP contribution in [0.2, 0.25) is 0 Å². The van der Waals surface area contributed by atoms with Gasteiger partial charge < -0.3 is 75.8 Å². The van der Waals surface area contributed by atoms with Crippen LogP contribution in [0.5, 0.6) is 0 Å². The highest BCUT2D eigenvalue weighted by Crippen LogP contribution is 2.28. The summed E-state index contributed by atoms with van der Waals surface area (Å²) in [5.41, 5.74) is 0. The van der Waals surface area contributed by atoms with Crippen LogP contribution < -0.4 is 26.6 Å². The number of carbonyl (C=O) groups excluding carboxylic acids is 12. The topological polar surface area (TPSA) is 337 Å². The highest BCUT2D eigenvalue weighted by Gasteiger charge is 2.48. The maximum atomic E-state index is 15.3. The minimum Gasteiger partial charge on any atom is -0.394 e. The first-order chi connectivity index (χ1) is 46.6. The molecule has 27 nitrogen and oxygen atoms in total. The summed E-state index contributed by atoms with van der Waals surface area (Å²) < 4.78 is 5.94. The number of fused-ring (bicyclic) bond motifs is 1. The van der Waals surface area contributed by atoms with Crippen molar-refractivity contribution < 1.29 is 72.5 Å². The van der Waals surface area contributed by atoms with E-state index in [0.717, 1.165) is 6.42 Å². The van der Waals surface area contributed by atoms with Gasteiger partial charge in [-0.15, -0.1) is 0 Å². The Bertz CT molecular complexity index is 2740. The first kappa shape index (κ1) is 87.7. The third-order valence-corrected chi connectivity index (χ3v) is 19.5. The first-order valence-electron chi connectivity index (χ1n) is 36.9. The Morgan fingerprint density at radius 2 is 0.860 bits per heavy atom. The van der Waals surface area contributed by atoms with Crippen LogP contribution in [-0.4, -0.2) is 262 Å². The van der Waals surface area contributed by atoms with Gasteiger partial charge in [-0.2, -0.15) is 0 Å². The van der Waals surface area contributed by atoms with Crippen LogP contribution in [0.3, 0.4) is 0 Å². The van der Waals surface area contributed by atoms with Crippen LogP contribution in [-0.2, 0) is 62.3 Å². The van der Waals surface area contributed by atoms with Crippen molar-refractivity contribution in [2.45, 2.75) is 280 Å². The summed E-state index contributed by atoms with van der Waals surface area (Å²) in [6.45, 7) is 30.8. The largest absolute Gasteiger partial charge is 0.394 e. The van der Waals surface area contributed by atoms with Gasteiger partial charge in [-0.05, 0) is 118 Å². The second-order valence-electron chi connectivity index (χ2n) is 31.6. The minimum atomic E-state index is -1.71. The lowest BCUT2D eigenvalue weighted by molar-refractivity contribution is -0.151. The molecule has 0 spiro atoms. The van der Waals surface area contributed by atoms with Gasteiger partial charge in [-0.25, -0.2) is 0 Å². The molecule has 14 atom stereocenters. The Hall–Kier alpha value is -6.48. The van der Waals surface area contributed by atoms with Crippen molar-refractivity contribution in [1.82, 2.24) is 60.9 Å². The summed E-state index contributed by atoms with van der Waals surface area (Å²) in [5, 5.41) is 35.7. The number of piperidine rings is 1. The van der Waals surface area contributed by atoms with Gasteiger partial charge in [0.2, 0.25) is 70.9 Å².